The maximum Gasteiger partial charge on any atom is 0.234 e. The number of carbonyl (C=O) groups is 2. The van der Waals surface area contributed by atoms with Crippen LogP contribution >= 0.6 is 11.3 Å². The first kappa shape index (κ1) is 39.6. The molecule has 5 aromatic rings. The molecule has 0 unspecified atom stereocenters. The van der Waals surface area contributed by atoms with Gasteiger partial charge < -0.3 is 24.8 Å². The number of nitriles is 1. The van der Waals surface area contributed by atoms with E-state index in [2.05, 4.69) is 42.6 Å². The van der Waals surface area contributed by atoms with Crippen LogP contribution in [0.5, 0.6) is 0 Å². The molecule has 316 valence electrons. The highest BCUT2D eigenvalue weighted by molar-refractivity contribution is 7.18. The molecule has 10 rings (SSSR count). The van der Waals surface area contributed by atoms with Crippen LogP contribution in [0.1, 0.15) is 81.3 Å². The Labute approximate surface area is 359 Å². The van der Waals surface area contributed by atoms with Gasteiger partial charge in [0.05, 0.1) is 40.1 Å². The number of anilines is 3. The Morgan fingerprint density at radius 3 is 2.43 bits per heavy atom. The van der Waals surface area contributed by atoms with Gasteiger partial charge in [-0.05, 0) is 118 Å². The molecule has 5 fully saturated rings. The molecular formula is C45H52N12O3S. The van der Waals surface area contributed by atoms with Crippen LogP contribution < -0.4 is 20.4 Å². The molecule has 61 heavy (non-hydrogen) atoms. The number of aromatic nitrogens is 6. The van der Waals surface area contributed by atoms with Gasteiger partial charge >= 0.3 is 0 Å². The minimum absolute atomic E-state index is 0.189. The number of fused-ring (bicyclic) bond motifs is 1. The maximum absolute atomic E-state index is 12.3. The summed E-state index contributed by atoms with van der Waals surface area (Å²) in [6.07, 6.45) is 15.3. The summed E-state index contributed by atoms with van der Waals surface area (Å²) in [5, 5.41) is 31.4. The fourth-order valence-corrected chi connectivity index (χ4v) is 11.0. The minimum atomic E-state index is -0.295. The topological polar surface area (TPSA) is 170 Å². The fourth-order valence-electron chi connectivity index (χ4n) is 10.0. The van der Waals surface area contributed by atoms with Crippen LogP contribution in [0.15, 0.2) is 55.0 Å². The Morgan fingerprint density at radius 1 is 0.869 bits per heavy atom. The summed E-state index contributed by atoms with van der Waals surface area (Å²) in [5.41, 5.74) is 6.25. The van der Waals surface area contributed by atoms with Crippen LogP contribution in [-0.4, -0.2) is 112 Å². The second-order valence-electron chi connectivity index (χ2n) is 17.6. The predicted molar refractivity (Wildman–Crippen MR) is 233 cm³/mol. The quantitative estimate of drug-likeness (QED) is 0.169. The first-order chi connectivity index (χ1) is 29.9. The van der Waals surface area contributed by atoms with Crippen LogP contribution in [-0.2, 0) is 14.3 Å². The number of carbonyl (C=O) groups excluding carboxylic acids is 2. The number of ether oxygens (including phenoxy) is 1. The van der Waals surface area contributed by atoms with Crippen molar-refractivity contribution in [3.8, 4) is 28.0 Å². The molecule has 15 nitrogen and oxygen atoms in total. The molecule has 2 amide bonds. The van der Waals surface area contributed by atoms with E-state index in [-0.39, 0.29) is 23.8 Å². The summed E-state index contributed by atoms with van der Waals surface area (Å²) in [7, 11) is 0. The Hall–Kier alpha value is -5.50. The second-order valence-corrected chi connectivity index (χ2v) is 18.6. The third-order valence-corrected chi connectivity index (χ3v) is 14.9. The van der Waals surface area contributed by atoms with Crippen molar-refractivity contribution < 1.29 is 14.3 Å². The number of pyridine rings is 2. The van der Waals surface area contributed by atoms with Crippen molar-refractivity contribution in [2.45, 2.75) is 76.2 Å². The van der Waals surface area contributed by atoms with Crippen molar-refractivity contribution in [3.63, 3.8) is 0 Å². The van der Waals surface area contributed by atoms with Gasteiger partial charge in [-0.15, -0.1) is 10.2 Å². The van der Waals surface area contributed by atoms with Gasteiger partial charge in [-0.25, -0.2) is 9.50 Å². The Kier molecular flexibility index (Phi) is 11.1. The molecule has 16 heteroatoms. The summed E-state index contributed by atoms with van der Waals surface area (Å²) in [6, 6.07) is 14.4. The Morgan fingerprint density at radius 2 is 1.67 bits per heavy atom. The van der Waals surface area contributed by atoms with Crippen LogP contribution in [0, 0.1) is 22.7 Å². The third-order valence-electron chi connectivity index (χ3n) is 13.9. The normalized spacial score (nSPS) is 21.8. The van der Waals surface area contributed by atoms with E-state index in [1.807, 2.05) is 47.2 Å². The molecular weight excluding hydrogens is 789 g/mol. The molecule has 10 heterocycles. The lowest BCUT2D eigenvalue weighted by Crippen LogP contribution is -2.48. The fraction of sp³-hybridized carbons (Fsp3) is 0.511. The van der Waals surface area contributed by atoms with Crippen LogP contribution in [0.4, 0.5) is 16.6 Å². The minimum Gasteiger partial charge on any atom is -0.381 e. The lowest BCUT2D eigenvalue weighted by molar-refractivity contribution is -0.134. The van der Waals surface area contributed by atoms with E-state index >= 15 is 0 Å². The van der Waals surface area contributed by atoms with E-state index < -0.39 is 0 Å². The van der Waals surface area contributed by atoms with Gasteiger partial charge in [-0.1, -0.05) is 17.4 Å². The number of piperidine rings is 4. The molecule has 0 bridgehead atoms. The number of amides is 2. The molecule has 5 aromatic heterocycles. The molecule has 1 spiro atoms. The van der Waals surface area contributed by atoms with Gasteiger partial charge in [0.2, 0.25) is 16.9 Å². The summed E-state index contributed by atoms with van der Waals surface area (Å²) in [4.78, 5) is 41.0. The van der Waals surface area contributed by atoms with E-state index in [1.165, 1.54) is 45.3 Å². The molecule has 2 N–H and O–H groups in total. The molecule has 5 saturated heterocycles. The standard InChI is InChI=1S/C45H52N12O3S/c46-25-31-23-34-2-4-39(57(34)49-26-31)38-24-37(50-33-9-21-60-22-10-33)36(28-47-38)43-52-53-44(61-43)56-19-13-45(14-20-56)11-17-54(18-12-45)29-30-7-15-55(16-8-30)40-5-1-32(27-48-40)35-3-6-41(58)51-42(35)59/h1-2,4-5,23-24,26-28,30,33,35H,3,6-22,29H2,(H,47,50)(H,51,58,59)/t35-/m0/s1. The predicted octanol–water partition coefficient (Wildman–Crippen LogP) is 5.89. The van der Waals surface area contributed by atoms with Gasteiger partial charge in [0.1, 0.15) is 11.9 Å². The average Bonchev–Trinajstić information content (AvgIpc) is 3.96. The number of hydrogen-bond donors (Lipinski definition) is 2. The summed E-state index contributed by atoms with van der Waals surface area (Å²) >= 11 is 1.65. The van der Waals surface area contributed by atoms with E-state index in [1.54, 1.807) is 17.5 Å². The third kappa shape index (κ3) is 8.43. The molecule has 0 saturated carbocycles. The molecule has 0 radical (unpaired) electrons. The first-order valence-electron chi connectivity index (χ1n) is 22.0. The molecule has 1 atom stereocenters. The van der Waals surface area contributed by atoms with Crippen LogP contribution in [0.25, 0.3) is 27.5 Å². The highest BCUT2D eigenvalue weighted by Gasteiger charge is 2.39. The van der Waals surface area contributed by atoms with Gasteiger partial charge in [-0.3, -0.25) is 19.9 Å². The van der Waals surface area contributed by atoms with Crippen molar-refractivity contribution in [1.29, 1.82) is 5.26 Å². The zero-order valence-corrected chi connectivity index (χ0v) is 35.3. The number of imide groups is 1. The number of hydrogen-bond acceptors (Lipinski definition) is 14. The van der Waals surface area contributed by atoms with E-state index in [4.69, 9.17) is 24.9 Å². The molecule has 0 aliphatic carbocycles. The zero-order valence-electron chi connectivity index (χ0n) is 34.5. The van der Waals surface area contributed by atoms with Crippen molar-refractivity contribution in [2.75, 3.05) is 74.1 Å². The molecule has 5 aliphatic heterocycles. The largest absolute Gasteiger partial charge is 0.381 e. The van der Waals surface area contributed by atoms with Gasteiger partial charge in [0, 0.05) is 76.5 Å². The van der Waals surface area contributed by atoms with E-state index in [0.29, 0.717) is 29.7 Å². The van der Waals surface area contributed by atoms with Crippen molar-refractivity contribution in [3.05, 3.63) is 66.1 Å². The van der Waals surface area contributed by atoms with Crippen molar-refractivity contribution >= 4 is 45.3 Å². The monoisotopic (exact) mass is 840 g/mol. The molecule has 5 aliphatic rings. The van der Waals surface area contributed by atoms with Gasteiger partial charge in [0.25, 0.3) is 0 Å². The van der Waals surface area contributed by atoms with E-state index in [9.17, 15) is 14.9 Å². The second kappa shape index (κ2) is 17.1. The smallest absolute Gasteiger partial charge is 0.234 e. The van der Waals surface area contributed by atoms with Crippen molar-refractivity contribution in [1.82, 2.24) is 40.0 Å². The number of nitrogens with zero attached hydrogens (tertiary/aromatic N) is 10. The lowest BCUT2D eigenvalue weighted by Gasteiger charge is -2.47. The van der Waals surface area contributed by atoms with Gasteiger partial charge in [0.15, 0.2) is 5.01 Å². The molecule has 0 aromatic carbocycles. The van der Waals surface area contributed by atoms with Crippen molar-refractivity contribution in [2.24, 2.45) is 11.3 Å². The number of rotatable bonds is 9. The average molecular weight is 841 g/mol. The van der Waals surface area contributed by atoms with Crippen LogP contribution in [0.2, 0.25) is 0 Å². The zero-order chi connectivity index (χ0) is 41.3. The highest BCUT2D eigenvalue weighted by atomic mass is 32.1. The Balaban J connectivity index is 0.726. The van der Waals surface area contributed by atoms with Crippen LogP contribution in [0.3, 0.4) is 0 Å². The maximum atomic E-state index is 12.3. The Bertz CT molecular complexity index is 2410. The van der Waals surface area contributed by atoms with E-state index in [0.717, 1.165) is 115 Å². The highest BCUT2D eigenvalue weighted by Crippen LogP contribution is 2.44. The first-order valence-corrected chi connectivity index (χ1v) is 22.8. The SMILES string of the molecule is N#Cc1cnn2c(-c3cc(NC4CCOCC4)c(-c4nnc(N5CCC6(CCN(CC7CCN(c8ccc([C@@H]9CCC(=O)NC9=O)cn8)CC7)CC6)CC5)s4)cn3)ccc2c1. The lowest BCUT2D eigenvalue weighted by atomic mass is 9.71. The number of nitrogens with one attached hydrogen (secondary N) is 2. The van der Waals surface area contributed by atoms with Gasteiger partial charge in [-0.2, -0.15) is 10.4 Å². The number of likely N-dealkylation sites (tertiary alicyclic amines) is 1. The summed E-state index contributed by atoms with van der Waals surface area (Å²) in [6.45, 7) is 9.01. The summed E-state index contributed by atoms with van der Waals surface area (Å²) < 4.78 is 7.48. The summed E-state index contributed by atoms with van der Waals surface area (Å²) in [5.74, 6) is 0.975.